The van der Waals surface area contributed by atoms with E-state index in [9.17, 15) is 14.9 Å². The van der Waals surface area contributed by atoms with Gasteiger partial charge in [0.2, 0.25) is 0 Å². The van der Waals surface area contributed by atoms with Gasteiger partial charge >= 0.3 is 0 Å². The zero-order chi connectivity index (χ0) is 10.7. The van der Waals surface area contributed by atoms with Crippen molar-refractivity contribution in [2.24, 2.45) is 0 Å². The maximum absolute atomic E-state index is 11.4. The first kappa shape index (κ1) is 10.7. The summed E-state index contributed by atoms with van der Waals surface area (Å²) in [5.74, 6) is -0.136. The quantitative estimate of drug-likeness (QED) is 0.360. The fourth-order valence-corrected chi connectivity index (χ4v) is 1.14. The van der Waals surface area contributed by atoms with Gasteiger partial charge in [0, 0.05) is 17.7 Å². The van der Waals surface area contributed by atoms with E-state index in [1.165, 1.54) is 24.3 Å². The van der Waals surface area contributed by atoms with Crippen LogP contribution in [0.2, 0.25) is 0 Å². The highest BCUT2D eigenvalue weighted by Crippen LogP contribution is 2.14. The molecule has 1 aromatic rings. The number of non-ortho nitro benzene ring substituents is 1. The third-order valence-corrected chi connectivity index (χ3v) is 1.98. The molecule has 4 nitrogen and oxygen atoms in total. The molecule has 0 aromatic heterocycles. The fourth-order valence-electron chi connectivity index (χ4n) is 0.989. The second-order valence-corrected chi connectivity index (χ2v) is 3.62. The third-order valence-electron chi connectivity index (χ3n) is 1.74. The van der Waals surface area contributed by atoms with E-state index in [0.29, 0.717) is 5.56 Å². The van der Waals surface area contributed by atoms with Gasteiger partial charge in [-0.15, -0.1) is 0 Å². The molecule has 0 spiro atoms. The Morgan fingerprint density at radius 2 is 1.93 bits per heavy atom. The molecule has 0 aliphatic heterocycles. The van der Waals surface area contributed by atoms with Crippen LogP contribution in [0.5, 0.6) is 0 Å². The van der Waals surface area contributed by atoms with Crippen molar-refractivity contribution in [3.05, 3.63) is 39.9 Å². The van der Waals surface area contributed by atoms with Crippen LogP contribution in [0.4, 0.5) is 5.69 Å². The number of Topliss-reactive ketones (excluding diaryl/α,β-unsaturated/α-hetero) is 1. The number of nitro groups is 1. The number of nitro benzene ring substituents is 1. The minimum Gasteiger partial charge on any atom is -0.293 e. The normalized spacial score (nSPS) is 12.1. The Bertz CT molecular complexity index is 359. The summed E-state index contributed by atoms with van der Waals surface area (Å²) in [4.78, 5) is 21.2. The Morgan fingerprint density at radius 1 is 1.43 bits per heavy atom. The van der Waals surface area contributed by atoms with Gasteiger partial charge in [-0.05, 0) is 19.1 Å². The van der Waals surface area contributed by atoms with Crippen LogP contribution in [-0.2, 0) is 0 Å². The van der Waals surface area contributed by atoms with Crippen LogP contribution in [0, 0.1) is 10.1 Å². The number of hydrogen-bond donors (Lipinski definition) is 1. The molecule has 0 fully saturated rings. The van der Waals surface area contributed by atoms with Gasteiger partial charge < -0.3 is 0 Å². The monoisotopic (exact) mass is 211 g/mol. The summed E-state index contributed by atoms with van der Waals surface area (Å²) >= 11 is 3.99. The number of carbonyl (C=O) groups is 1. The van der Waals surface area contributed by atoms with Gasteiger partial charge in [0.05, 0.1) is 10.2 Å². The Balaban J connectivity index is 2.94. The van der Waals surface area contributed by atoms with Gasteiger partial charge in [-0.25, -0.2) is 0 Å². The van der Waals surface area contributed by atoms with Gasteiger partial charge in [-0.3, -0.25) is 14.9 Å². The fraction of sp³-hybridized carbons (Fsp3) is 0.222. The summed E-state index contributed by atoms with van der Waals surface area (Å²) in [7, 11) is 0. The summed E-state index contributed by atoms with van der Waals surface area (Å²) in [6, 6.07) is 5.49. The average Bonchev–Trinajstić information content (AvgIpc) is 2.16. The number of thiol groups is 1. The number of ketones is 1. The van der Waals surface area contributed by atoms with Gasteiger partial charge in [0.25, 0.3) is 5.69 Å². The first-order valence-electron chi connectivity index (χ1n) is 3.99. The van der Waals surface area contributed by atoms with Crippen LogP contribution in [0.3, 0.4) is 0 Å². The number of carbonyl (C=O) groups excluding carboxylic acids is 1. The highest BCUT2D eigenvalue weighted by atomic mass is 32.1. The highest BCUT2D eigenvalue weighted by Gasteiger charge is 2.12. The Hall–Kier alpha value is -1.36. The highest BCUT2D eigenvalue weighted by molar-refractivity contribution is 7.81. The molecule has 1 atom stereocenters. The van der Waals surface area contributed by atoms with Crippen LogP contribution in [0.25, 0.3) is 0 Å². The van der Waals surface area contributed by atoms with E-state index in [1.807, 2.05) is 0 Å². The second kappa shape index (κ2) is 4.23. The molecule has 1 aromatic carbocycles. The van der Waals surface area contributed by atoms with E-state index < -0.39 is 10.2 Å². The van der Waals surface area contributed by atoms with Crippen molar-refractivity contribution in [2.45, 2.75) is 12.2 Å². The summed E-state index contributed by atoms with van der Waals surface area (Å²) < 4.78 is 0. The molecule has 0 radical (unpaired) electrons. The zero-order valence-corrected chi connectivity index (χ0v) is 8.40. The molecule has 0 bridgehead atoms. The van der Waals surface area contributed by atoms with Crippen molar-refractivity contribution >= 4 is 24.1 Å². The largest absolute Gasteiger partial charge is 0.293 e. The lowest BCUT2D eigenvalue weighted by molar-refractivity contribution is -0.384. The SMILES string of the molecule is CC(S)C(=O)c1ccc([N+](=O)[O-])cc1. The molecule has 74 valence electrons. The predicted octanol–water partition coefficient (Wildman–Crippen LogP) is 2.10. The predicted molar refractivity (Wildman–Crippen MR) is 55.9 cm³/mol. The van der Waals surface area contributed by atoms with Gasteiger partial charge in [0.15, 0.2) is 5.78 Å². The summed E-state index contributed by atoms with van der Waals surface area (Å²) in [6.45, 7) is 1.66. The maximum Gasteiger partial charge on any atom is 0.269 e. The van der Waals surface area contributed by atoms with E-state index in [0.717, 1.165) is 0 Å². The van der Waals surface area contributed by atoms with Gasteiger partial charge in [-0.2, -0.15) is 12.6 Å². The van der Waals surface area contributed by atoms with Crippen molar-refractivity contribution in [1.29, 1.82) is 0 Å². The third kappa shape index (κ3) is 2.32. The van der Waals surface area contributed by atoms with E-state index in [1.54, 1.807) is 6.92 Å². The minimum absolute atomic E-state index is 0.0200. The van der Waals surface area contributed by atoms with Crippen molar-refractivity contribution < 1.29 is 9.72 Å². The van der Waals surface area contributed by atoms with Gasteiger partial charge in [-0.1, -0.05) is 0 Å². The molecule has 14 heavy (non-hydrogen) atoms. The molecule has 1 unspecified atom stereocenters. The van der Waals surface area contributed by atoms with Crippen LogP contribution in [0.1, 0.15) is 17.3 Å². The van der Waals surface area contributed by atoms with E-state index in [4.69, 9.17) is 0 Å². The number of nitrogens with zero attached hydrogens (tertiary/aromatic N) is 1. The Labute approximate surface area is 86.5 Å². The minimum atomic E-state index is -0.502. The Morgan fingerprint density at radius 3 is 2.29 bits per heavy atom. The summed E-state index contributed by atoms with van der Waals surface area (Å²) in [5.41, 5.74) is 0.423. The number of rotatable bonds is 3. The molecular formula is C9H9NO3S. The molecule has 0 aliphatic carbocycles. The van der Waals surface area contributed by atoms with Crippen molar-refractivity contribution in [1.82, 2.24) is 0 Å². The zero-order valence-electron chi connectivity index (χ0n) is 7.51. The number of hydrogen-bond acceptors (Lipinski definition) is 4. The lowest BCUT2D eigenvalue weighted by Crippen LogP contribution is -2.10. The average molecular weight is 211 g/mol. The smallest absolute Gasteiger partial charge is 0.269 e. The van der Waals surface area contributed by atoms with Gasteiger partial charge in [0.1, 0.15) is 0 Å². The lowest BCUT2D eigenvalue weighted by Gasteiger charge is -2.02. The summed E-state index contributed by atoms with van der Waals surface area (Å²) in [5, 5.41) is 9.93. The van der Waals surface area contributed by atoms with Crippen molar-refractivity contribution in [3.63, 3.8) is 0 Å². The lowest BCUT2D eigenvalue weighted by atomic mass is 10.1. The number of benzene rings is 1. The molecule has 0 saturated carbocycles. The molecule has 0 heterocycles. The molecular weight excluding hydrogens is 202 g/mol. The van der Waals surface area contributed by atoms with Crippen molar-refractivity contribution in [3.8, 4) is 0 Å². The maximum atomic E-state index is 11.4. The van der Waals surface area contributed by atoms with E-state index in [2.05, 4.69) is 12.6 Å². The first-order valence-corrected chi connectivity index (χ1v) is 4.50. The summed E-state index contributed by atoms with van der Waals surface area (Å²) in [6.07, 6.45) is 0. The molecule has 0 N–H and O–H groups in total. The van der Waals surface area contributed by atoms with Crippen LogP contribution in [-0.4, -0.2) is 16.0 Å². The van der Waals surface area contributed by atoms with E-state index >= 15 is 0 Å². The van der Waals surface area contributed by atoms with Crippen LogP contribution >= 0.6 is 12.6 Å². The van der Waals surface area contributed by atoms with Crippen molar-refractivity contribution in [2.75, 3.05) is 0 Å². The second-order valence-electron chi connectivity index (χ2n) is 2.84. The first-order chi connectivity index (χ1) is 6.52. The molecule has 1 rings (SSSR count). The van der Waals surface area contributed by atoms with E-state index in [-0.39, 0.29) is 11.5 Å². The standard InChI is InChI=1S/C9H9NO3S/c1-6(14)9(11)7-2-4-8(5-3-7)10(12)13/h2-6,14H,1H3. The van der Waals surface area contributed by atoms with Crippen LogP contribution < -0.4 is 0 Å². The molecule has 0 amide bonds. The molecule has 0 saturated heterocycles. The topological polar surface area (TPSA) is 60.2 Å². The van der Waals surface area contributed by atoms with Crippen LogP contribution in [0.15, 0.2) is 24.3 Å². The molecule has 0 aliphatic rings. The Kier molecular flexibility index (Phi) is 3.24. The molecule has 5 heteroatoms.